The van der Waals surface area contributed by atoms with Crippen molar-refractivity contribution in [2.24, 2.45) is 5.73 Å². The SMILES string of the molecule is Cc1ccc(C#CCN)cc1C(=O)N(C)CCC#N. The molecule has 0 heterocycles. The van der Waals surface area contributed by atoms with Gasteiger partial charge in [-0.1, -0.05) is 17.9 Å². The highest BCUT2D eigenvalue weighted by molar-refractivity contribution is 5.95. The minimum Gasteiger partial charge on any atom is -0.341 e. The van der Waals surface area contributed by atoms with Gasteiger partial charge in [0.2, 0.25) is 0 Å². The summed E-state index contributed by atoms with van der Waals surface area (Å²) in [6.07, 6.45) is 0.327. The molecule has 1 amide bonds. The van der Waals surface area contributed by atoms with Crippen molar-refractivity contribution in [2.45, 2.75) is 13.3 Å². The van der Waals surface area contributed by atoms with E-state index >= 15 is 0 Å². The molecule has 0 saturated carbocycles. The van der Waals surface area contributed by atoms with Crippen LogP contribution >= 0.6 is 0 Å². The molecule has 1 aromatic carbocycles. The minimum absolute atomic E-state index is 0.0934. The molecule has 1 rings (SSSR count). The summed E-state index contributed by atoms with van der Waals surface area (Å²) in [6.45, 7) is 2.60. The van der Waals surface area contributed by atoms with Crippen LogP contribution in [0, 0.1) is 30.1 Å². The first-order valence-electron chi connectivity index (χ1n) is 6.02. The molecule has 0 atom stereocenters. The number of nitriles is 1. The highest BCUT2D eigenvalue weighted by atomic mass is 16.2. The molecule has 98 valence electrons. The lowest BCUT2D eigenvalue weighted by molar-refractivity contribution is 0.0797. The number of nitrogens with two attached hydrogens (primary N) is 1. The van der Waals surface area contributed by atoms with Crippen molar-refractivity contribution >= 4 is 5.91 Å². The zero-order chi connectivity index (χ0) is 14.3. The summed E-state index contributed by atoms with van der Waals surface area (Å²) in [4.78, 5) is 13.8. The maximum Gasteiger partial charge on any atom is 0.253 e. The van der Waals surface area contributed by atoms with Gasteiger partial charge in [-0.25, -0.2) is 0 Å². The van der Waals surface area contributed by atoms with Crippen LogP contribution in [0.15, 0.2) is 18.2 Å². The number of hydrogen-bond donors (Lipinski definition) is 1. The fourth-order valence-corrected chi connectivity index (χ4v) is 1.61. The summed E-state index contributed by atoms with van der Waals surface area (Å²) in [5.41, 5.74) is 7.61. The number of carbonyl (C=O) groups excluding carboxylic acids is 1. The van der Waals surface area contributed by atoms with E-state index in [0.29, 0.717) is 25.1 Å². The Morgan fingerprint density at radius 1 is 1.47 bits per heavy atom. The minimum atomic E-state index is -0.0934. The highest BCUT2D eigenvalue weighted by Crippen LogP contribution is 2.13. The molecule has 0 saturated heterocycles. The van der Waals surface area contributed by atoms with Crippen molar-refractivity contribution < 1.29 is 4.79 Å². The second kappa shape index (κ2) is 7.20. The third-order valence-electron chi connectivity index (χ3n) is 2.71. The topological polar surface area (TPSA) is 70.1 Å². The maximum atomic E-state index is 12.2. The quantitative estimate of drug-likeness (QED) is 0.827. The smallest absolute Gasteiger partial charge is 0.253 e. The van der Waals surface area contributed by atoms with Crippen LogP contribution in [0.4, 0.5) is 0 Å². The molecule has 0 aliphatic rings. The third-order valence-corrected chi connectivity index (χ3v) is 2.71. The molecule has 4 heteroatoms. The molecule has 0 aliphatic heterocycles. The van der Waals surface area contributed by atoms with Crippen molar-refractivity contribution in [1.82, 2.24) is 4.90 Å². The fraction of sp³-hybridized carbons (Fsp3) is 0.333. The van der Waals surface area contributed by atoms with Gasteiger partial charge in [0, 0.05) is 24.7 Å². The van der Waals surface area contributed by atoms with Gasteiger partial charge in [0.05, 0.1) is 19.0 Å². The highest BCUT2D eigenvalue weighted by Gasteiger charge is 2.14. The Kier molecular flexibility index (Phi) is 5.60. The fourth-order valence-electron chi connectivity index (χ4n) is 1.61. The van der Waals surface area contributed by atoms with Gasteiger partial charge in [0.25, 0.3) is 5.91 Å². The predicted molar refractivity (Wildman–Crippen MR) is 74.3 cm³/mol. The summed E-state index contributed by atoms with van der Waals surface area (Å²) in [6, 6.07) is 7.53. The second-order valence-corrected chi connectivity index (χ2v) is 4.17. The first-order valence-corrected chi connectivity index (χ1v) is 6.02. The van der Waals surface area contributed by atoms with E-state index in [-0.39, 0.29) is 5.91 Å². The Hall–Kier alpha value is -2.30. The van der Waals surface area contributed by atoms with Crippen LogP contribution in [0.1, 0.15) is 27.9 Å². The average Bonchev–Trinajstić information content (AvgIpc) is 2.43. The van der Waals surface area contributed by atoms with Gasteiger partial charge in [0.15, 0.2) is 0 Å². The lowest BCUT2D eigenvalue weighted by Crippen LogP contribution is -2.28. The molecule has 0 fully saturated rings. The maximum absolute atomic E-state index is 12.2. The molecular weight excluding hydrogens is 238 g/mol. The molecule has 0 aromatic heterocycles. The van der Waals surface area contributed by atoms with Crippen molar-refractivity contribution in [2.75, 3.05) is 20.1 Å². The van der Waals surface area contributed by atoms with Crippen LogP contribution in [-0.4, -0.2) is 30.9 Å². The van der Waals surface area contributed by atoms with Crippen LogP contribution in [0.2, 0.25) is 0 Å². The summed E-state index contributed by atoms with van der Waals surface area (Å²) < 4.78 is 0. The van der Waals surface area contributed by atoms with Crippen molar-refractivity contribution in [3.8, 4) is 17.9 Å². The first-order chi connectivity index (χ1) is 9.10. The summed E-state index contributed by atoms with van der Waals surface area (Å²) in [5.74, 6) is 5.58. The monoisotopic (exact) mass is 255 g/mol. The van der Waals surface area contributed by atoms with Crippen LogP contribution in [0.5, 0.6) is 0 Å². The molecule has 0 unspecified atom stereocenters. The van der Waals surface area contributed by atoms with Gasteiger partial charge in [0.1, 0.15) is 0 Å². The largest absolute Gasteiger partial charge is 0.341 e. The molecule has 1 aromatic rings. The number of hydrogen-bond acceptors (Lipinski definition) is 3. The predicted octanol–water partition coefficient (Wildman–Crippen LogP) is 1.29. The Morgan fingerprint density at radius 2 is 2.21 bits per heavy atom. The Bertz CT molecular complexity index is 561. The van der Waals surface area contributed by atoms with Gasteiger partial charge in [-0.2, -0.15) is 5.26 Å². The molecule has 2 N–H and O–H groups in total. The number of nitrogens with zero attached hydrogens (tertiary/aromatic N) is 2. The van der Waals surface area contributed by atoms with E-state index in [2.05, 4.69) is 11.8 Å². The van der Waals surface area contributed by atoms with Crippen molar-refractivity contribution in [3.63, 3.8) is 0 Å². The van der Waals surface area contributed by atoms with Gasteiger partial charge in [-0.3, -0.25) is 4.79 Å². The molecule has 0 aliphatic carbocycles. The molecular formula is C15H17N3O. The molecule has 0 spiro atoms. The third kappa shape index (κ3) is 4.13. The molecule has 0 bridgehead atoms. The van der Waals surface area contributed by atoms with Gasteiger partial charge in [-0.05, 0) is 24.6 Å². The molecule has 4 nitrogen and oxygen atoms in total. The van der Waals surface area contributed by atoms with Gasteiger partial charge < -0.3 is 10.6 Å². The normalized spacial score (nSPS) is 9.16. The van der Waals surface area contributed by atoms with Crippen LogP contribution in [-0.2, 0) is 0 Å². The van der Waals surface area contributed by atoms with Crippen LogP contribution < -0.4 is 5.73 Å². The average molecular weight is 255 g/mol. The summed E-state index contributed by atoms with van der Waals surface area (Å²) in [5, 5.41) is 8.55. The number of aryl methyl sites for hydroxylation is 1. The Balaban J connectivity index is 2.99. The lowest BCUT2D eigenvalue weighted by Gasteiger charge is -2.17. The molecule has 0 radical (unpaired) electrons. The second-order valence-electron chi connectivity index (χ2n) is 4.17. The Morgan fingerprint density at radius 3 is 2.84 bits per heavy atom. The Labute approximate surface area is 113 Å². The van der Waals surface area contributed by atoms with Crippen LogP contribution in [0.3, 0.4) is 0 Å². The van der Waals surface area contributed by atoms with E-state index in [9.17, 15) is 4.79 Å². The zero-order valence-corrected chi connectivity index (χ0v) is 11.2. The number of benzene rings is 1. The van der Waals surface area contributed by atoms with Crippen molar-refractivity contribution in [1.29, 1.82) is 5.26 Å². The number of rotatable bonds is 3. The molecule has 19 heavy (non-hydrogen) atoms. The zero-order valence-electron chi connectivity index (χ0n) is 11.2. The van der Waals surface area contributed by atoms with E-state index in [1.807, 2.05) is 25.1 Å². The van der Waals surface area contributed by atoms with Crippen LogP contribution in [0.25, 0.3) is 0 Å². The standard InChI is InChI=1S/C15H17N3O/c1-12-6-7-13(5-3-8-16)11-14(12)15(19)18(2)10-4-9-17/h6-7,11H,4,8,10,16H2,1-2H3. The van der Waals surface area contributed by atoms with Gasteiger partial charge in [-0.15, -0.1) is 0 Å². The van der Waals surface area contributed by atoms with E-state index < -0.39 is 0 Å². The first kappa shape index (κ1) is 14.8. The summed E-state index contributed by atoms with van der Waals surface area (Å²) in [7, 11) is 1.69. The van der Waals surface area contributed by atoms with E-state index in [0.717, 1.165) is 11.1 Å². The number of amides is 1. The number of carbonyl (C=O) groups is 1. The van der Waals surface area contributed by atoms with E-state index in [1.165, 1.54) is 0 Å². The summed E-state index contributed by atoms with van der Waals surface area (Å²) >= 11 is 0. The van der Waals surface area contributed by atoms with E-state index in [1.54, 1.807) is 18.0 Å². The van der Waals surface area contributed by atoms with Gasteiger partial charge >= 0.3 is 0 Å². The van der Waals surface area contributed by atoms with Crippen molar-refractivity contribution in [3.05, 3.63) is 34.9 Å². The van der Waals surface area contributed by atoms with E-state index in [4.69, 9.17) is 11.0 Å². The lowest BCUT2D eigenvalue weighted by atomic mass is 10.0.